The summed E-state index contributed by atoms with van der Waals surface area (Å²) in [7, 11) is 0. The van der Waals surface area contributed by atoms with Crippen LogP contribution in [0, 0.1) is 16.2 Å². The second-order valence-corrected chi connectivity index (χ2v) is 12.6. The molecule has 0 bridgehead atoms. The Kier molecular flexibility index (Phi) is 5.97. The van der Waals surface area contributed by atoms with Gasteiger partial charge in [-0.15, -0.1) is 0 Å². The van der Waals surface area contributed by atoms with E-state index >= 15 is 0 Å². The van der Waals surface area contributed by atoms with Crippen LogP contribution in [0.5, 0.6) is 0 Å². The fraction of sp³-hybridized carbons (Fsp3) is 0.957. The van der Waals surface area contributed by atoms with Gasteiger partial charge in [0.15, 0.2) is 0 Å². The Morgan fingerprint density at radius 3 is 1.44 bits per heavy atom. The number of carbonyl (C=O) groups excluding carboxylic acids is 1. The first-order chi connectivity index (χ1) is 11.7. The van der Waals surface area contributed by atoms with Gasteiger partial charge >= 0.3 is 0 Å². The summed E-state index contributed by atoms with van der Waals surface area (Å²) in [6.45, 7) is 30.4. The minimum Gasteiger partial charge on any atom is -0.530 e. The lowest BCUT2D eigenvalue weighted by atomic mass is 9.45. The molecule has 0 aliphatic carbocycles. The maximum atomic E-state index is 12.6. The Balaban J connectivity index is 4.23. The summed E-state index contributed by atoms with van der Waals surface area (Å²) in [5.41, 5.74) is -1.95. The van der Waals surface area contributed by atoms with Crippen LogP contribution in [0.4, 0.5) is 4.79 Å². The van der Waals surface area contributed by atoms with Crippen LogP contribution in [0.2, 0.25) is 0 Å². The summed E-state index contributed by atoms with van der Waals surface area (Å²) in [6.07, 6.45) is -0.240. The van der Waals surface area contributed by atoms with Crippen molar-refractivity contribution < 1.29 is 9.90 Å². The molecule has 0 saturated carbocycles. The Morgan fingerprint density at radius 2 is 1.19 bits per heavy atom. The van der Waals surface area contributed by atoms with Crippen LogP contribution in [-0.2, 0) is 0 Å². The largest absolute Gasteiger partial charge is 0.530 e. The van der Waals surface area contributed by atoms with E-state index in [-0.39, 0.29) is 21.8 Å². The highest BCUT2D eigenvalue weighted by Gasteiger charge is 2.71. The first-order valence-electron chi connectivity index (χ1n) is 10.4. The van der Waals surface area contributed by atoms with Gasteiger partial charge in [-0.05, 0) is 50.4 Å². The molecule has 27 heavy (non-hydrogen) atoms. The van der Waals surface area contributed by atoms with Gasteiger partial charge in [-0.25, -0.2) is 0 Å². The van der Waals surface area contributed by atoms with E-state index in [0.717, 1.165) is 13.0 Å². The highest BCUT2D eigenvalue weighted by atomic mass is 16.4. The van der Waals surface area contributed by atoms with Crippen molar-refractivity contribution in [1.29, 1.82) is 0 Å². The van der Waals surface area contributed by atoms with Gasteiger partial charge in [0.2, 0.25) is 0 Å². The minimum absolute atomic E-state index is 0.0915. The van der Waals surface area contributed by atoms with Crippen molar-refractivity contribution >= 4 is 6.09 Å². The van der Waals surface area contributed by atoms with E-state index in [9.17, 15) is 9.90 Å². The predicted molar refractivity (Wildman–Crippen MR) is 113 cm³/mol. The average Bonchev–Trinajstić information content (AvgIpc) is 2.50. The van der Waals surface area contributed by atoms with E-state index in [0.29, 0.717) is 6.54 Å². The van der Waals surface area contributed by atoms with E-state index < -0.39 is 17.2 Å². The van der Waals surface area contributed by atoms with Crippen LogP contribution in [0.1, 0.15) is 96.4 Å². The molecule has 4 nitrogen and oxygen atoms in total. The van der Waals surface area contributed by atoms with Crippen molar-refractivity contribution in [3.8, 4) is 0 Å². The number of carboxylic acid groups (broad SMARTS) is 1. The molecule has 1 saturated heterocycles. The Labute approximate surface area is 168 Å². The van der Waals surface area contributed by atoms with Gasteiger partial charge in [0.25, 0.3) is 0 Å². The summed E-state index contributed by atoms with van der Waals surface area (Å²) >= 11 is 0. The van der Waals surface area contributed by atoms with Crippen LogP contribution in [0.3, 0.4) is 0 Å². The molecule has 1 aliphatic heterocycles. The molecule has 4 heteroatoms. The van der Waals surface area contributed by atoms with Crippen LogP contribution in [0.15, 0.2) is 0 Å². The van der Waals surface area contributed by atoms with Gasteiger partial charge < -0.3 is 14.8 Å². The summed E-state index contributed by atoms with van der Waals surface area (Å²) in [5.74, 6) is 0. The lowest BCUT2D eigenvalue weighted by Gasteiger charge is -2.73. The second-order valence-electron chi connectivity index (χ2n) is 12.6. The van der Waals surface area contributed by atoms with Crippen LogP contribution < -0.4 is 5.11 Å². The number of amides is 1. The monoisotopic (exact) mass is 381 g/mol. The smallest absolute Gasteiger partial charge is 0.137 e. The van der Waals surface area contributed by atoms with Crippen LogP contribution >= 0.6 is 0 Å². The number of rotatable bonds is 0. The van der Waals surface area contributed by atoms with Gasteiger partial charge in [0.1, 0.15) is 6.09 Å². The SMILES string of the molecule is CC(C)(C)N1CCCN(C(=O)[O-])C(C(C)(C)C)(C(C)(C)C)C1(C)C(C)(C)C. The average molecular weight is 382 g/mol. The quantitative estimate of drug-likeness (QED) is 0.607. The molecular formula is C23H45N2O2-. The number of carbonyl (C=O) groups is 1. The molecule has 0 radical (unpaired) electrons. The Hall–Kier alpha value is -0.770. The van der Waals surface area contributed by atoms with Gasteiger partial charge in [0, 0.05) is 24.2 Å². The van der Waals surface area contributed by atoms with Gasteiger partial charge in [-0.3, -0.25) is 4.90 Å². The zero-order valence-electron chi connectivity index (χ0n) is 20.3. The fourth-order valence-corrected chi connectivity index (χ4v) is 6.81. The third-order valence-corrected chi connectivity index (χ3v) is 7.07. The lowest BCUT2D eigenvalue weighted by molar-refractivity contribution is -0.295. The van der Waals surface area contributed by atoms with E-state index in [2.05, 4.69) is 94.9 Å². The lowest BCUT2D eigenvalue weighted by Crippen LogP contribution is -2.84. The minimum atomic E-state index is -1.05. The van der Waals surface area contributed by atoms with Gasteiger partial charge in [-0.1, -0.05) is 62.3 Å². The summed E-state index contributed by atoms with van der Waals surface area (Å²) < 4.78 is 0. The topological polar surface area (TPSA) is 46.6 Å². The molecule has 0 aromatic carbocycles. The standard InChI is InChI=1S/C23H46N2O2/c1-18(2,3)22(13)23(19(4,5)6,20(7,8)9)24(17(26)27)15-14-16-25(22)21(10,11)12/h14-16H2,1-13H3,(H,26,27)/p-1. The summed E-state index contributed by atoms with van der Waals surface area (Å²) in [5, 5.41) is 12.6. The van der Waals surface area contributed by atoms with Crippen molar-refractivity contribution in [2.45, 2.75) is 113 Å². The first-order valence-corrected chi connectivity index (χ1v) is 10.4. The Morgan fingerprint density at radius 1 is 0.778 bits per heavy atom. The maximum absolute atomic E-state index is 12.6. The molecule has 1 rings (SSSR count). The van der Waals surface area contributed by atoms with Crippen molar-refractivity contribution in [3.63, 3.8) is 0 Å². The van der Waals surface area contributed by atoms with E-state index in [4.69, 9.17) is 0 Å². The summed E-state index contributed by atoms with van der Waals surface area (Å²) in [4.78, 5) is 16.9. The molecule has 0 aromatic heterocycles. The van der Waals surface area contributed by atoms with Crippen molar-refractivity contribution in [2.75, 3.05) is 13.1 Å². The maximum Gasteiger partial charge on any atom is 0.137 e. The van der Waals surface area contributed by atoms with Crippen molar-refractivity contribution in [3.05, 3.63) is 0 Å². The highest BCUT2D eigenvalue weighted by Crippen LogP contribution is 2.62. The molecule has 1 fully saturated rings. The Bertz CT molecular complexity index is 541. The molecule has 1 aliphatic rings. The molecular weight excluding hydrogens is 336 g/mol. The number of hydrogen-bond donors (Lipinski definition) is 0. The zero-order valence-corrected chi connectivity index (χ0v) is 20.3. The molecule has 1 atom stereocenters. The first kappa shape index (κ1) is 24.3. The molecule has 160 valence electrons. The molecule has 1 unspecified atom stereocenters. The number of hydrogen-bond acceptors (Lipinski definition) is 3. The van der Waals surface area contributed by atoms with Crippen LogP contribution in [-0.4, -0.2) is 45.6 Å². The van der Waals surface area contributed by atoms with Gasteiger partial charge in [-0.2, -0.15) is 0 Å². The fourth-order valence-electron chi connectivity index (χ4n) is 6.81. The second kappa shape index (κ2) is 6.64. The van der Waals surface area contributed by atoms with E-state index in [1.165, 1.54) is 0 Å². The van der Waals surface area contributed by atoms with E-state index in [1.54, 1.807) is 4.90 Å². The predicted octanol–water partition coefficient (Wildman–Crippen LogP) is 4.77. The third-order valence-electron chi connectivity index (χ3n) is 7.07. The van der Waals surface area contributed by atoms with Crippen LogP contribution in [0.25, 0.3) is 0 Å². The van der Waals surface area contributed by atoms with E-state index in [1.807, 2.05) is 0 Å². The molecule has 1 amide bonds. The normalized spacial score (nSPS) is 26.0. The zero-order chi connectivity index (χ0) is 21.9. The molecule has 0 aromatic rings. The number of nitrogens with zero attached hydrogens (tertiary/aromatic N) is 2. The molecule has 0 N–H and O–H groups in total. The van der Waals surface area contributed by atoms with Gasteiger partial charge in [0.05, 0.1) is 5.54 Å². The molecule has 1 heterocycles. The van der Waals surface area contributed by atoms with Crippen molar-refractivity contribution in [1.82, 2.24) is 9.80 Å². The summed E-state index contributed by atoms with van der Waals surface area (Å²) in [6, 6.07) is 0. The highest BCUT2D eigenvalue weighted by molar-refractivity contribution is 5.65. The molecule has 0 spiro atoms. The van der Waals surface area contributed by atoms with Crippen molar-refractivity contribution in [2.24, 2.45) is 16.2 Å². The third kappa shape index (κ3) is 3.41.